The Bertz CT molecular complexity index is 1170. The Morgan fingerprint density at radius 3 is 2.60 bits per heavy atom. The lowest BCUT2D eigenvalue weighted by Crippen LogP contribution is -2.77. The van der Waals surface area contributed by atoms with Gasteiger partial charge in [-0.15, -0.1) is 0 Å². The van der Waals surface area contributed by atoms with Crippen LogP contribution in [0.1, 0.15) is 36.5 Å². The fraction of sp³-hybridized carbons (Fsp3) is 0.417. The number of anilines is 2. The number of halogens is 4. The molecule has 7 nitrogen and oxygen atoms in total. The molecule has 0 spiro atoms. The standard InChI is InChI=1S/C24H25F3IN3O4/c1-2-30-9-3-4-18(30)24(35)12-31(19(24)11-20(32)33)23(34)14-6-7-15(25)21(27)22(14)29-17-8-5-13(28)10-16(17)26/h5-8,10,18-19,29,35H,2-4,9,11-12H2,1H3,(H,32,33). The SMILES string of the molecule is CCN1CCCC1C1(O)CN(C(=O)c2ccc(F)c(F)c2Nc2ccc(I)cc2F)C1CC(=O)O. The van der Waals surface area contributed by atoms with Crippen molar-refractivity contribution in [3.05, 3.63) is 56.9 Å². The van der Waals surface area contributed by atoms with Crippen molar-refractivity contribution in [3.63, 3.8) is 0 Å². The number of carboxylic acids is 1. The van der Waals surface area contributed by atoms with Crippen LogP contribution in [0, 0.1) is 21.0 Å². The second kappa shape index (κ2) is 9.94. The summed E-state index contributed by atoms with van der Waals surface area (Å²) in [6, 6.07) is 4.57. The van der Waals surface area contributed by atoms with E-state index in [1.807, 2.05) is 29.5 Å². The van der Waals surface area contributed by atoms with Crippen LogP contribution >= 0.6 is 22.6 Å². The second-order valence-electron chi connectivity index (χ2n) is 8.86. The molecule has 1 amide bonds. The molecule has 0 radical (unpaired) electrons. The third-order valence-corrected chi connectivity index (χ3v) is 7.54. The summed E-state index contributed by atoms with van der Waals surface area (Å²) in [6.07, 6.45) is 0.994. The van der Waals surface area contributed by atoms with Crippen LogP contribution in [0.3, 0.4) is 0 Å². The van der Waals surface area contributed by atoms with Crippen molar-refractivity contribution in [1.82, 2.24) is 9.80 Å². The molecular weight excluding hydrogens is 578 g/mol. The number of hydrogen-bond acceptors (Lipinski definition) is 5. The zero-order chi connectivity index (χ0) is 25.5. The van der Waals surface area contributed by atoms with Crippen LogP contribution < -0.4 is 5.32 Å². The molecule has 2 aromatic rings. The van der Waals surface area contributed by atoms with E-state index in [9.17, 15) is 33.0 Å². The van der Waals surface area contributed by atoms with Gasteiger partial charge in [0.2, 0.25) is 0 Å². The molecule has 2 aliphatic rings. The van der Waals surface area contributed by atoms with Crippen molar-refractivity contribution >= 4 is 45.8 Å². The molecule has 188 valence electrons. The molecule has 4 rings (SSSR count). The second-order valence-corrected chi connectivity index (χ2v) is 10.1. The first kappa shape index (κ1) is 25.7. The number of rotatable bonds is 7. The van der Waals surface area contributed by atoms with E-state index in [0.29, 0.717) is 16.5 Å². The maximum absolute atomic E-state index is 14.8. The number of hydrogen-bond donors (Lipinski definition) is 3. The quantitative estimate of drug-likeness (QED) is 0.415. The summed E-state index contributed by atoms with van der Waals surface area (Å²) in [6.45, 7) is 3.22. The van der Waals surface area contributed by atoms with Gasteiger partial charge in [0.1, 0.15) is 11.4 Å². The number of aliphatic hydroxyl groups is 1. The Morgan fingerprint density at radius 2 is 1.94 bits per heavy atom. The van der Waals surface area contributed by atoms with Crippen LogP contribution in [0.25, 0.3) is 0 Å². The highest BCUT2D eigenvalue weighted by Crippen LogP contribution is 2.42. The topological polar surface area (TPSA) is 93.1 Å². The van der Waals surface area contributed by atoms with E-state index >= 15 is 0 Å². The average molecular weight is 603 g/mol. The molecule has 0 bridgehead atoms. The normalized spacial score (nSPS) is 24.3. The number of nitrogens with zero attached hydrogens (tertiary/aromatic N) is 2. The highest BCUT2D eigenvalue weighted by molar-refractivity contribution is 14.1. The Hall–Kier alpha value is -2.38. The fourth-order valence-electron chi connectivity index (χ4n) is 5.14. The Kier molecular flexibility index (Phi) is 7.30. The van der Waals surface area contributed by atoms with Crippen LogP contribution in [0.5, 0.6) is 0 Å². The summed E-state index contributed by atoms with van der Waals surface area (Å²) in [7, 11) is 0. The Balaban J connectivity index is 1.68. The van der Waals surface area contributed by atoms with Gasteiger partial charge in [0.25, 0.3) is 5.91 Å². The lowest BCUT2D eigenvalue weighted by Gasteiger charge is -2.58. The maximum atomic E-state index is 14.8. The summed E-state index contributed by atoms with van der Waals surface area (Å²) >= 11 is 1.90. The lowest BCUT2D eigenvalue weighted by atomic mass is 9.74. The lowest BCUT2D eigenvalue weighted by molar-refractivity contribution is -0.178. The zero-order valence-corrected chi connectivity index (χ0v) is 21.1. The average Bonchev–Trinajstić information content (AvgIpc) is 3.29. The van der Waals surface area contributed by atoms with Crippen molar-refractivity contribution in [2.45, 2.75) is 43.9 Å². The van der Waals surface area contributed by atoms with E-state index in [-0.39, 0.29) is 23.8 Å². The van der Waals surface area contributed by atoms with E-state index in [2.05, 4.69) is 10.2 Å². The number of carboxylic acid groups (broad SMARTS) is 1. The van der Waals surface area contributed by atoms with Crippen molar-refractivity contribution in [1.29, 1.82) is 0 Å². The number of likely N-dealkylation sites (N-methyl/N-ethyl adjacent to an activating group) is 1. The number of β-amino-alcohol motifs (C(OH)–C–C–N with tert-alkyl or cyclic N) is 1. The molecule has 0 aromatic heterocycles. The summed E-state index contributed by atoms with van der Waals surface area (Å²) in [4.78, 5) is 28.3. The molecule has 0 saturated carbocycles. The molecule has 3 atom stereocenters. The number of benzene rings is 2. The number of carbonyl (C=O) groups excluding carboxylic acids is 1. The number of aliphatic carboxylic acids is 1. The van der Waals surface area contributed by atoms with E-state index < -0.39 is 53.1 Å². The number of amides is 1. The van der Waals surface area contributed by atoms with Gasteiger partial charge in [-0.05, 0) is 78.9 Å². The first-order chi connectivity index (χ1) is 16.6. The van der Waals surface area contributed by atoms with Crippen molar-refractivity contribution in [2.75, 3.05) is 25.0 Å². The van der Waals surface area contributed by atoms with E-state index in [4.69, 9.17) is 0 Å². The van der Waals surface area contributed by atoms with Crippen LogP contribution in [-0.2, 0) is 4.79 Å². The minimum absolute atomic E-state index is 0.152. The van der Waals surface area contributed by atoms with Gasteiger partial charge in [-0.3, -0.25) is 14.5 Å². The van der Waals surface area contributed by atoms with Crippen molar-refractivity contribution in [3.8, 4) is 0 Å². The van der Waals surface area contributed by atoms with Gasteiger partial charge in [0, 0.05) is 9.61 Å². The number of carbonyl (C=O) groups is 2. The van der Waals surface area contributed by atoms with Gasteiger partial charge in [0.15, 0.2) is 11.6 Å². The fourth-order valence-corrected chi connectivity index (χ4v) is 5.59. The highest BCUT2D eigenvalue weighted by Gasteiger charge is 2.60. The molecule has 0 aliphatic carbocycles. The van der Waals surface area contributed by atoms with Crippen LogP contribution in [-0.4, -0.2) is 69.2 Å². The van der Waals surface area contributed by atoms with Gasteiger partial charge in [-0.25, -0.2) is 13.2 Å². The molecular formula is C24H25F3IN3O4. The molecule has 2 aliphatic heterocycles. The smallest absolute Gasteiger partial charge is 0.305 e. The molecule has 11 heteroatoms. The Morgan fingerprint density at radius 1 is 1.20 bits per heavy atom. The van der Waals surface area contributed by atoms with Crippen molar-refractivity contribution < 1.29 is 33.0 Å². The maximum Gasteiger partial charge on any atom is 0.305 e. The molecule has 2 heterocycles. The largest absolute Gasteiger partial charge is 0.481 e. The van der Waals surface area contributed by atoms with E-state index in [1.165, 1.54) is 17.0 Å². The summed E-state index contributed by atoms with van der Waals surface area (Å²) in [5.74, 6) is -5.30. The molecule has 2 fully saturated rings. The van der Waals surface area contributed by atoms with Gasteiger partial charge < -0.3 is 20.4 Å². The minimum atomic E-state index is -1.45. The molecule has 35 heavy (non-hydrogen) atoms. The number of nitrogens with one attached hydrogen (secondary N) is 1. The predicted octanol–water partition coefficient (Wildman–Crippen LogP) is 3.97. The third kappa shape index (κ3) is 4.73. The third-order valence-electron chi connectivity index (χ3n) is 6.87. The number of likely N-dealkylation sites (tertiary alicyclic amines) is 2. The van der Waals surface area contributed by atoms with Crippen molar-refractivity contribution in [2.24, 2.45) is 0 Å². The van der Waals surface area contributed by atoms with E-state index in [0.717, 1.165) is 25.1 Å². The molecule has 2 saturated heterocycles. The monoisotopic (exact) mass is 603 g/mol. The first-order valence-electron chi connectivity index (χ1n) is 11.3. The molecule has 2 aromatic carbocycles. The summed E-state index contributed by atoms with van der Waals surface area (Å²) < 4.78 is 43.9. The minimum Gasteiger partial charge on any atom is -0.481 e. The van der Waals surface area contributed by atoms with Gasteiger partial charge in [0.05, 0.1) is 35.9 Å². The molecule has 3 N–H and O–H groups in total. The molecule has 3 unspecified atom stereocenters. The van der Waals surface area contributed by atoms with Crippen LogP contribution in [0.15, 0.2) is 30.3 Å². The van der Waals surface area contributed by atoms with Gasteiger partial charge >= 0.3 is 5.97 Å². The van der Waals surface area contributed by atoms with Crippen LogP contribution in [0.2, 0.25) is 0 Å². The van der Waals surface area contributed by atoms with Gasteiger partial charge in [-0.2, -0.15) is 0 Å². The highest BCUT2D eigenvalue weighted by atomic mass is 127. The summed E-state index contributed by atoms with van der Waals surface area (Å²) in [5.41, 5.74) is -2.46. The Labute approximate surface area is 214 Å². The zero-order valence-electron chi connectivity index (χ0n) is 18.9. The van der Waals surface area contributed by atoms with Crippen LogP contribution in [0.4, 0.5) is 24.5 Å². The summed E-state index contributed by atoms with van der Waals surface area (Å²) in [5, 5.41) is 23.4. The van der Waals surface area contributed by atoms with Gasteiger partial charge in [-0.1, -0.05) is 6.92 Å². The predicted molar refractivity (Wildman–Crippen MR) is 131 cm³/mol. The van der Waals surface area contributed by atoms with E-state index in [1.54, 1.807) is 6.07 Å². The first-order valence-corrected chi connectivity index (χ1v) is 12.3.